The van der Waals surface area contributed by atoms with E-state index in [1.54, 1.807) is 0 Å². The van der Waals surface area contributed by atoms with Crippen LogP contribution in [0.5, 0.6) is 0 Å². The zero-order valence-corrected chi connectivity index (χ0v) is 15.5. The molecule has 0 saturated heterocycles. The summed E-state index contributed by atoms with van der Waals surface area (Å²) in [6.07, 6.45) is 9.17. The minimum absolute atomic E-state index is 0.348. The van der Waals surface area contributed by atoms with Crippen LogP contribution in [-0.4, -0.2) is 19.6 Å². The van der Waals surface area contributed by atoms with Gasteiger partial charge in [0.2, 0.25) is 0 Å². The highest BCUT2D eigenvalue weighted by atomic mass is 32.2. The second-order valence-electron chi connectivity index (χ2n) is 6.91. The molecular formula is C19H24OSSi. The van der Waals surface area contributed by atoms with Crippen LogP contribution in [0, 0.1) is 24.2 Å². The van der Waals surface area contributed by atoms with Crippen LogP contribution in [0.1, 0.15) is 12.8 Å². The molecule has 0 amide bonds. The van der Waals surface area contributed by atoms with Gasteiger partial charge in [-0.2, -0.15) is 0 Å². The first-order chi connectivity index (χ1) is 10.4. The molecule has 0 saturated carbocycles. The molecule has 0 aliphatic heterocycles. The predicted molar refractivity (Wildman–Crippen MR) is 98.6 cm³/mol. The van der Waals surface area contributed by atoms with E-state index in [-0.39, 0.29) is 0 Å². The van der Waals surface area contributed by atoms with Crippen LogP contribution in [0.15, 0.2) is 46.5 Å². The summed E-state index contributed by atoms with van der Waals surface area (Å²) in [5.41, 5.74) is 0. The lowest BCUT2D eigenvalue weighted by Gasteiger charge is -2.32. The molecule has 3 heteroatoms. The average molecular weight is 329 g/mol. The van der Waals surface area contributed by atoms with Crippen LogP contribution in [0.2, 0.25) is 19.6 Å². The number of carbonyl (C=O) groups is 1. The quantitative estimate of drug-likeness (QED) is 0.438. The van der Waals surface area contributed by atoms with E-state index in [0.29, 0.717) is 24.0 Å². The van der Waals surface area contributed by atoms with E-state index in [1.807, 2.05) is 17.8 Å². The van der Waals surface area contributed by atoms with Crippen molar-refractivity contribution in [2.45, 2.75) is 37.4 Å². The Bertz CT molecular complexity index is 592. The van der Waals surface area contributed by atoms with Crippen molar-refractivity contribution in [1.29, 1.82) is 0 Å². The van der Waals surface area contributed by atoms with E-state index in [4.69, 9.17) is 6.42 Å². The van der Waals surface area contributed by atoms with Crippen molar-refractivity contribution >= 4 is 25.6 Å². The largest absolute Gasteiger partial charge is 0.295 e. The zero-order valence-electron chi connectivity index (χ0n) is 13.6. The Morgan fingerprint density at radius 3 is 2.55 bits per heavy atom. The van der Waals surface area contributed by atoms with Crippen molar-refractivity contribution in [2.24, 2.45) is 11.8 Å². The zero-order chi connectivity index (χ0) is 16.2. The summed E-state index contributed by atoms with van der Waals surface area (Å²) in [5.74, 6) is 4.81. The fraction of sp³-hybridized carbons (Fsp3) is 0.421. The number of hydrogen-bond acceptors (Lipinski definition) is 2. The molecule has 1 aromatic carbocycles. The van der Waals surface area contributed by atoms with Gasteiger partial charge in [-0.15, -0.1) is 24.1 Å². The van der Waals surface area contributed by atoms with Gasteiger partial charge in [-0.25, -0.2) is 0 Å². The van der Waals surface area contributed by atoms with Crippen molar-refractivity contribution in [1.82, 2.24) is 0 Å². The summed E-state index contributed by atoms with van der Waals surface area (Å²) in [4.78, 5) is 13.8. The molecule has 0 unspecified atom stereocenters. The predicted octanol–water partition coefficient (Wildman–Crippen LogP) is 4.81. The number of thioether (sulfide) groups is 1. The Hall–Kier alpha value is -1.24. The molecule has 2 atom stereocenters. The summed E-state index contributed by atoms with van der Waals surface area (Å²) in [6, 6.07) is 10.4. The van der Waals surface area contributed by atoms with Gasteiger partial charge in [0.05, 0.1) is 8.07 Å². The molecule has 0 heterocycles. The first-order valence-corrected chi connectivity index (χ1v) is 12.3. The van der Waals surface area contributed by atoms with Crippen molar-refractivity contribution in [2.75, 3.05) is 5.75 Å². The molecule has 0 N–H and O–H groups in total. The van der Waals surface area contributed by atoms with Crippen molar-refractivity contribution < 1.29 is 4.79 Å². The van der Waals surface area contributed by atoms with Crippen LogP contribution in [0.3, 0.4) is 0 Å². The third-order valence-electron chi connectivity index (χ3n) is 4.10. The smallest absolute Gasteiger partial charge is 0.154 e. The van der Waals surface area contributed by atoms with E-state index in [2.05, 4.69) is 55.9 Å². The summed E-state index contributed by atoms with van der Waals surface area (Å²) >= 11 is 1.83. The number of hydrogen-bond donors (Lipinski definition) is 0. The summed E-state index contributed by atoms with van der Waals surface area (Å²) in [6.45, 7) is 6.72. The monoisotopic (exact) mass is 328 g/mol. The SMILES string of the molecule is C#CC[C@@H]1C=C([Si](C)(C)C)C(=O)C[C@H]1CSc1ccccc1. The number of Topliss-reactive ketones (excluding diaryl/α,β-unsaturated/α-hetero) is 1. The number of carbonyl (C=O) groups excluding carboxylic acids is 1. The molecule has 1 aliphatic rings. The second kappa shape index (κ2) is 7.35. The highest BCUT2D eigenvalue weighted by Gasteiger charge is 2.34. The van der Waals surface area contributed by atoms with E-state index >= 15 is 0 Å². The number of ketones is 1. The fourth-order valence-electron chi connectivity index (χ4n) is 2.88. The fourth-order valence-corrected chi connectivity index (χ4v) is 5.65. The Morgan fingerprint density at radius 1 is 1.27 bits per heavy atom. The van der Waals surface area contributed by atoms with Crippen molar-refractivity contribution in [3.05, 3.63) is 41.6 Å². The molecule has 2 rings (SSSR count). The van der Waals surface area contributed by atoms with Gasteiger partial charge in [-0.3, -0.25) is 4.79 Å². The normalized spacial score (nSPS) is 22.1. The highest BCUT2D eigenvalue weighted by molar-refractivity contribution is 7.99. The maximum atomic E-state index is 12.5. The van der Waals surface area contributed by atoms with Gasteiger partial charge in [0.25, 0.3) is 0 Å². The molecule has 116 valence electrons. The van der Waals surface area contributed by atoms with Crippen LogP contribution >= 0.6 is 11.8 Å². The van der Waals surface area contributed by atoms with Crippen molar-refractivity contribution in [3.8, 4) is 12.3 Å². The lowest BCUT2D eigenvalue weighted by atomic mass is 9.82. The summed E-state index contributed by atoms with van der Waals surface area (Å²) < 4.78 is 0. The van der Waals surface area contributed by atoms with Gasteiger partial charge in [0, 0.05) is 23.5 Å². The molecule has 0 aromatic heterocycles. The molecule has 0 bridgehead atoms. The summed E-state index contributed by atoms with van der Waals surface area (Å²) in [7, 11) is -1.57. The number of allylic oxidation sites excluding steroid dienone is 2. The van der Waals surface area contributed by atoms with Gasteiger partial charge in [-0.1, -0.05) is 43.9 Å². The number of rotatable bonds is 5. The van der Waals surface area contributed by atoms with Gasteiger partial charge in [0.15, 0.2) is 5.78 Å². The third-order valence-corrected chi connectivity index (χ3v) is 7.36. The minimum Gasteiger partial charge on any atom is -0.295 e. The maximum absolute atomic E-state index is 12.5. The lowest BCUT2D eigenvalue weighted by Crippen LogP contribution is -2.36. The second-order valence-corrected chi connectivity index (χ2v) is 13.0. The van der Waals surface area contributed by atoms with E-state index < -0.39 is 8.07 Å². The lowest BCUT2D eigenvalue weighted by molar-refractivity contribution is -0.116. The van der Waals surface area contributed by atoms with E-state index in [1.165, 1.54) is 4.90 Å². The Labute approximate surface area is 139 Å². The van der Waals surface area contributed by atoms with Gasteiger partial charge in [0.1, 0.15) is 0 Å². The maximum Gasteiger partial charge on any atom is 0.154 e. The standard InChI is InChI=1S/C19H24OSSi/c1-5-9-15-13-19(22(2,3)4)18(20)12-16(15)14-21-17-10-7-6-8-11-17/h1,6-8,10-11,13,15-16H,9,12,14H2,2-4H3/t15-,16+/m1/s1. The van der Waals surface area contributed by atoms with Crippen molar-refractivity contribution in [3.63, 3.8) is 0 Å². The molecule has 22 heavy (non-hydrogen) atoms. The summed E-state index contributed by atoms with van der Waals surface area (Å²) in [5, 5.41) is 1.09. The van der Waals surface area contributed by atoms with E-state index in [9.17, 15) is 4.79 Å². The molecule has 0 spiro atoms. The molecule has 0 radical (unpaired) electrons. The van der Waals surface area contributed by atoms with Gasteiger partial charge < -0.3 is 0 Å². The van der Waals surface area contributed by atoms with Gasteiger partial charge in [-0.05, 0) is 29.2 Å². The number of terminal acetylenes is 1. The van der Waals surface area contributed by atoms with Crippen LogP contribution < -0.4 is 0 Å². The topological polar surface area (TPSA) is 17.1 Å². The Balaban J connectivity index is 2.13. The van der Waals surface area contributed by atoms with Gasteiger partial charge >= 0.3 is 0 Å². The molecule has 1 aliphatic carbocycles. The van der Waals surface area contributed by atoms with Crippen LogP contribution in [0.25, 0.3) is 0 Å². The van der Waals surface area contributed by atoms with Crippen LogP contribution in [0.4, 0.5) is 0 Å². The first-order valence-electron chi connectivity index (χ1n) is 7.78. The number of benzene rings is 1. The molecule has 1 aromatic rings. The molecule has 1 nitrogen and oxygen atoms in total. The average Bonchev–Trinajstić information content (AvgIpc) is 2.47. The third kappa shape index (κ3) is 4.38. The Morgan fingerprint density at radius 2 is 1.95 bits per heavy atom. The van der Waals surface area contributed by atoms with E-state index in [0.717, 1.165) is 17.4 Å². The Kier molecular flexibility index (Phi) is 5.72. The highest BCUT2D eigenvalue weighted by Crippen LogP contribution is 2.36. The minimum atomic E-state index is -1.57. The molecular weight excluding hydrogens is 304 g/mol. The van der Waals surface area contributed by atoms with Crippen LogP contribution in [-0.2, 0) is 4.79 Å². The molecule has 0 fully saturated rings. The first kappa shape index (κ1) is 17.1.